The summed E-state index contributed by atoms with van der Waals surface area (Å²) in [6, 6.07) is 0.365. The second kappa shape index (κ2) is 4.45. The SMILES string of the molecule is C=CC(=O)NC1CC(C)CC(C)C1. The van der Waals surface area contributed by atoms with E-state index in [1.54, 1.807) is 0 Å². The Morgan fingerprint density at radius 2 is 1.85 bits per heavy atom. The highest BCUT2D eigenvalue weighted by Gasteiger charge is 2.24. The molecule has 1 rings (SSSR count). The first-order chi connectivity index (χ1) is 6.11. The van der Waals surface area contributed by atoms with Gasteiger partial charge in [0.25, 0.3) is 0 Å². The lowest BCUT2D eigenvalue weighted by atomic mass is 9.80. The van der Waals surface area contributed by atoms with Crippen molar-refractivity contribution in [1.29, 1.82) is 0 Å². The Hall–Kier alpha value is -0.790. The molecule has 0 heterocycles. The Bertz CT molecular complexity index is 190. The molecule has 0 aromatic rings. The van der Waals surface area contributed by atoms with Gasteiger partial charge in [-0.3, -0.25) is 4.79 Å². The molecule has 0 bridgehead atoms. The summed E-state index contributed by atoms with van der Waals surface area (Å²) < 4.78 is 0. The Kier molecular flexibility index (Phi) is 3.52. The van der Waals surface area contributed by atoms with E-state index in [9.17, 15) is 4.79 Å². The van der Waals surface area contributed by atoms with Gasteiger partial charge in [-0.1, -0.05) is 20.4 Å². The van der Waals surface area contributed by atoms with Crippen LogP contribution >= 0.6 is 0 Å². The second-order valence-corrected chi connectivity index (χ2v) is 4.33. The Balaban J connectivity index is 2.41. The van der Waals surface area contributed by atoms with E-state index in [1.165, 1.54) is 12.5 Å². The van der Waals surface area contributed by atoms with Crippen molar-refractivity contribution in [3.05, 3.63) is 12.7 Å². The first-order valence-electron chi connectivity index (χ1n) is 5.04. The average molecular weight is 181 g/mol. The minimum atomic E-state index is -0.0358. The lowest BCUT2D eigenvalue weighted by Gasteiger charge is -2.31. The molecule has 1 saturated carbocycles. The van der Waals surface area contributed by atoms with Crippen molar-refractivity contribution < 1.29 is 4.79 Å². The zero-order valence-electron chi connectivity index (χ0n) is 8.55. The van der Waals surface area contributed by atoms with Gasteiger partial charge in [-0.05, 0) is 37.2 Å². The average Bonchev–Trinajstić information content (AvgIpc) is 2.02. The molecule has 2 unspecified atom stereocenters. The fourth-order valence-electron chi connectivity index (χ4n) is 2.32. The molecule has 0 aliphatic heterocycles. The number of carbonyl (C=O) groups excluding carboxylic acids is 1. The molecule has 0 aromatic carbocycles. The van der Waals surface area contributed by atoms with Crippen molar-refractivity contribution in [2.45, 2.75) is 39.2 Å². The van der Waals surface area contributed by atoms with Crippen LogP contribution in [0.25, 0.3) is 0 Å². The molecule has 1 N–H and O–H groups in total. The fraction of sp³-hybridized carbons (Fsp3) is 0.727. The van der Waals surface area contributed by atoms with E-state index in [1.807, 2.05) is 0 Å². The van der Waals surface area contributed by atoms with Gasteiger partial charge in [-0.2, -0.15) is 0 Å². The number of hydrogen-bond acceptors (Lipinski definition) is 1. The molecule has 1 aliphatic rings. The van der Waals surface area contributed by atoms with E-state index >= 15 is 0 Å². The lowest BCUT2D eigenvalue weighted by molar-refractivity contribution is -0.117. The van der Waals surface area contributed by atoms with Crippen molar-refractivity contribution >= 4 is 5.91 Å². The Morgan fingerprint density at radius 1 is 1.31 bits per heavy atom. The van der Waals surface area contributed by atoms with Crippen LogP contribution in [0.4, 0.5) is 0 Å². The molecule has 2 atom stereocenters. The number of hydrogen-bond donors (Lipinski definition) is 1. The van der Waals surface area contributed by atoms with E-state index in [4.69, 9.17) is 0 Å². The Labute approximate surface area is 80.4 Å². The number of nitrogens with one attached hydrogen (secondary N) is 1. The van der Waals surface area contributed by atoms with E-state index < -0.39 is 0 Å². The summed E-state index contributed by atoms with van der Waals surface area (Å²) >= 11 is 0. The normalized spacial score (nSPS) is 33.8. The third kappa shape index (κ3) is 3.21. The zero-order chi connectivity index (χ0) is 9.84. The maximum absolute atomic E-state index is 11.1. The lowest BCUT2D eigenvalue weighted by Crippen LogP contribution is -2.39. The van der Waals surface area contributed by atoms with Crippen LogP contribution < -0.4 is 5.32 Å². The molecule has 74 valence electrons. The molecule has 2 heteroatoms. The van der Waals surface area contributed by atoms with Crippen molar-refractivity contribution in [3.8, 4) is 0 Å². The van der Waals surface area contributed by atoms with Gasteiger partial charge in [0.05, 0.1) is 0 Å². The molecule has 1 fully saturated rings. The summed E-state index contributed by atoms with van der Waals surface area (Å²) in [5.74, 6) is 1.43. The van der Waals surface area contributed by atoms with E-state index in [0.717, 1.165) is 24.7 Å². The van der Waals surface area contributed by atoms with Gasteiger partial charge in [-0.15, -0.1) is 0 Å². The molecule has 13 heavy (non-hydrogen) atoms. The highest BCUT2D eigenvalue weighted by Crippen LogP contribution is 2.28. The summed E-state index contributed by atoms with van der Waals surface area (Å²) in [5.41, 5.74) is 0. The fourth-order valence-corrected chi connectivity index (χ4v) is 2.32. The van der Waals surface area contributed by atoms with Crippen molar-refractivity contribution in [1.82, 2.24) is 5.32 Å². The van der Waals surface area contributed by atoms with Crippen molar-refractivity contribution in [2.75, 3.05) is 0 Å². The summed E-state index contributed by atoms with van der Waals surface area (Å²) in [7, 11) is 0. The van der Waals surface area contributed by atoms with Crippen LogP contribution in [0.3, 0.4) is 0 Å². The van der Waals surface area contributed by atoms with E-state index in [-0.39, 0.29) is 5.91 Å². The van der Waals surface area contributed by atoms with Gasteiger partial charge in [-0.25, -0.2) is 0 Å². The molecule has 1 aliphatic carbocycles. The highest BCUT2D eigenvalue weighted by atomic mass is 16.1. The summed E-state index contributed by atoms with van der Waals surface area (Å²) in [5, 5.41) is 2.97. The van der Waals surface area contributed by atoms with Crippen LogP contribution in [-0.2, 0) is 4.79 Å². The number of carbonyl (C=O) groups is 1. The maximum atomic E-state index is 11.1. The molecule has 0 saturated heterocycles. The molecule has 0 radical (unpaired) electrons. The summed E-state index contributed by atoms with van der Waals surface area (Å²) in [6.45, 7) is 7.96. The van der Waals surface area contributed by atoms with Gasteiger partial charge < -0.3 is 5.32 Å². The van der Waals surface area contributed by atoms with Crippen molar-refractivity contribution in [3.63, 3.8) is 0 Å². The monoisotopic (exact) mass is 181 g/mol. The van der Waals surface area contributed by atoms with Crippen molar-refractivity contribution in [2.24, 2.45) is 11.8 Å². The van der Waals surface area contributed by atoms with Crippen LogP contribution in [0.1, 0.15) is 33.1 Å². The van der Waals surface area contributed by atoms with Gasteiger partial charge >= 0.3 is 0 Å². The quantitative estimate of drug-likeness (QED) is 0.649. The summed E-state index contributed by atoms with van der Waals surface area (Å²) in [4.78, 5) is 11.1. The topological polar surface area (TPSA) is 29.1 Å². The van der Waals surface area contributed by atoms with Crippen LogP contribution in [0.2, 0.25) is 0 Å². The van der Waals surface area contributed by atoms with Crippen LogP contribution in [0.15, 0.2) is 12.7 Å². The number of amides is 1. The molecule has 2 nitrogen and oxygen atoms in total. The van der Waals surface area contributed by atoms with Gasteiger partial charge in [0.2, 0.25) is 5.91 Å². The second-order valence-electron chi connectivity index (χ2n) is 4.33. The third-order valence-corrected chi connectivity index (χ3v) is 2.71. The maximum Gasteiger partial charge on any atom is 0.243 e. The van der Waals surface area contributed by atoms with E-state index in [2.05, 4.69) is 25.7 Å². The molecular formula is C11H19NO. The first kappa shape index (κ1) is 10.3. The molecule has 1 amide bonds. The minimum absolute atomic E-state index is 0.0358. The van der Waals surface area contributed by atoms with Crippen LogP contribution in [0.5, 0.6) is 0 Å². The molecule has 0 aromatic heterocycles. The smallest absolute Gasteiger partial charge is 0.243 e. The Morgan fingerprint density at radius 3 is 2.31 bits per heavy atom. The van der Waals surface area contributed by atoms with Crippen LogP contribution in [-0.4, -0.2) is 11.9 Å². The summed E-state index contributed by atoms with van der Waals surface area (Å²) in [6.07, 6.45) is 4.87. The minimum Gasteiger partial charge on any atom is -0.350 e. The standard InChI is InChI=1S/C11H19NO/c1-4-11(13)12-10-6-8(2)5-9(3)7-10/h4,8-10H,1,5-7H2,2-3H3,(H,12,13). The van der Waals surface area contributed by atoms with Gasteiger partial charge in [0, 0.05) is 6.04 Å². The van der Waals surface area contributed by atoms with E-state index in [0.29, 0.717) is 6.04 Å². The third-order valence-electron chi connectivity index (χ3n) is 2.71. The molecule has 0 spiro atoms. The zero-order valence-corrected chi connectivity index (χ0v) is 8.55. The van der Waals surface area contributed by atoms with Gasteiger partial charge in [0.15, 0.2) is 0 Å². The largest absolute Gasteiger partial charge is 0.350 e. The highest BCUT2D eigenvalue weighted by molar-refractivity contribution is 5.87. The predicted molar refractivity (Wildman–Crippen MR) is 54.3 cm³/mol. The van der Waals surface area contributed by atoms with Gasteiger partial charge in [0.1, 0.15) is 0 Å². The predicted octanol–water partition coefficient (Wildman–Crippen LogP) is 2.11. The first-order valence-corrected chi connectivity index (χ1v) is 5.04. The van der Waals surface area contributed by atoms with Crippen LogP contribution in [0, 0.1) is 11.8 Å². The molecular weight excluding hydrogens is 162 g/mol. The number of rotatable bonds is 2.